The van der Waals surface area contributed by atoms with E-state index in [0.29, 0.717) is 5.56 Å². The average Bonchev–Trinajstić information content (AvgIpc) is 3.62. The van der Waals surface area contributed by atoms with Crippen LogP contribution in [0.25, 0.3) is 0 Å². The summed E-state index contributed by atoms with van der Waals surface area (Å²) in [7, 11) is 0. The summed E-state index contributed by atoms with van der Waals surface area (Å²) >= 11 is 2.26. The second kappa shape index (κ2) is 10.2. The molecule has 4 rings (SSSR count). The smallest absolute Gasteiger partial charge is 0.143 e. The normalized spacial score (nSPS) is 12.5. The van der Waals surface area contributed by atoms with E-state index in [2.05, 4.69) is 77.5 Å². The van der Waals surface area contributed by atoms with Gasteiger partial charge in [0.2, 0.25) is 0 Å². The van der Waals surface area contributed by atoms with Crippen molar-refractivity contribution in [2.24, 2.45) is 0 Å². The Morgan fingerprint density at radius 3 is 2.00 bits per heavy atom. The van der Waals surface area contributed by atoms with Crippen LogP contribution < -0.4 is 0 Å². The summed E-state index contributed by atoms with van der Waals surface area (Å²) in [5.74, 6) is 12.6. The van der Waals surface area contributed by atoms with Crippen molar-refractivity contribution in [2.75, 3.05) is 0 Å². The van der Waals surface area contributed by atoms with Crippen LogP contribution in [0.2, 0.25) is 0 Å². The van der Waals surface area contributed by atoms with Crippen LogP contribution in [0.3, 0.4) is 0 Å². The molecule has 0 atom stereocenters. The van der Waals surface area contributed by atoms with E-state index in [4.69, 9.17) is 0 Å². The molecule has 0 N–H and O–H groups in total. The molecule has 0 heterocycles. The zero-order chi connectivity index (χ0) is 21.6. The fraction of sp³-hybridized carbons (Fsp3) is 0.241. The predicted octanol–water partition coefficient (Wildman–Crippen LogP) is 7.45. The summed E-state index contributed by atoms with van der Waals surface area (Å²) in [6.45, 7) is 2.20. The van der Waals surface area contributed by atoms with Crippen LogP contribution in [0.15, 0.2) is 60.7 Å². The molecular formula is C29H24FI. The molecule has 1 aliphatic carbocycles. The first-order valence-electron chi connectivity index (χ1n) is 10.8. The highest BCUT2D eigenvalue weighted by atomic mass is 127. The van der Waals surface area contributed by atoms with Crippen LogP contribution >= 0.6 is 22.6 Å². The maximum absolute atomic E-state index is 15.3. The lowest BCUT2D eigenvalue weighted by Crippen LogP contribution is -1.97. The van der Waals surface area contributed by atoms with E-state index in [1.807, 2.05) is 30.3 Å². The summed E-state index contributed by atoms with van der Waals surface area (Å²) in [6.07, 6.45) is 5.54. The lowest BCUT2D eigenvalue weighted by atomic mass is 9.98. The van der Waals surface area contributed by atoms with Gasteiger partial charge in [-0.2, -0.15) is 0 Å². The molecule has 154 valence electrons. The third-order valence-electron chi connectivity index (χ3n) is 5.47. The average molecular weight is 518 g/mol. The van der Waals surface area contributed by atoms with Crippen molar-refractivity contribution in [3.63, 3.8) is 0 Å². The molecule has 0 radical (unpaired) electrons. The van der Waals surface area contributed by atoms with Crippen LogP contribution in [-0.2, 0) is 6.42 Å². The van der Waals surface area contributed by atoms with E-state index in [1.54, 1.807) is 6.07 Å². The summed E-state index contributed by atoms with van der Waals surface area (Å²) in [6, 6.07) is 20.0. The summed E-state index contributed by atoms with van der Waals surface area (Å²) < 4.78 is 16.5. The van der Waals surface area contributed by atoms with Gasteiger partial charge in [-0.15, -0.1) is 0 Å². The van der Waals surface area contributed by atoms with Gasteiger partial charge in [0, 0.05) is 25.8 Å². The van der Waals surface area contributed by atoms with E-state index >= 15 is 4.39 Å². The first-order chi connectivity index (χ1) is 15.1. The van der Waals surface area contributed by atoms with Gasteiger partial charge < -0.3 is 0 Å². The molecule has 1 saturated carbocycles. The van der Waals surface area contributed by atoms with Gasteiger partial charge in [-0.05, 0) is 108 Å². The monoisotopic (exact) mass is 518 g/mol. The number of hydrogen-bond donors (Lipinski definition) is 0. The molecular weight excluding hydrogens is 494 g/mol. The van der Waals surface area contributed by atoms with E-state index < -0.39 is 0 Å². The Hall–Kier alpha value is -2.56. The van der Waals surface area contributed by atoms with Gasteiger partial charge >= 0.3 is 0 Å². The summed E-state index contributed by atoms with van der Waals surface area (Å²) in [5.41, 5.74) is 5.17. The number of hydrogen-bond acceptors (Lipinski definition) is 0. The zero-order valence-electron chi connectivity index (χ0n) is 17.6. The van der Waals surface area contributed by atoms with E-state index in [9.17, 15) is 0 Å². The fourth-order valence-corrected chi connectivity index (χ4v) is 3.88. The SMILES string of the molecule is CCCCc1ccc(C#Cc2ccc(C#Cc3ccc(I)cc3)c(F)c2C2CC2)cc1. The zero-order valence-corrected chi connectivity index (χ0v) is 19.8. The van der Waals surface area contributed by atoms with Crippen LogP contribution in [0.1, 0.15) is 71.9 Å². The molecule has 0 amide bonds. The Morgan fingerprint density at radius 2 is 1.39 bits per heavy atom. The highest BCUT2D eigenvalue weighted by Crippen LogP contribution is 2.43. The highest BCUT2D eigenvalue weighted by molar-refractivity contribution is 14.1. The molecule has 0 bridgehead atoms. The van der Waals surface area contributed by atoms with Gasteiger partial charge in [-0.1, -0.05) is 49.2 Å². The number of halogens is 2. The molecule has 3 aromatic rings. The van der Waals surface area contributed by atoms with Gasteiger partial charge in [-0.3, -0.25) is 0 Å². The van der Waals surface area contributed by atoms with E-state index in [-0.39, 0.29) is 11.7 Å². The second-order valence-electron chi connectivity index (χ2n) is 7.97. The molecule has 31 heavy (non-hydrogen) atoms. The first-order valence-corrected chi connectivity index (χ1v) is 11.9. The molecule has 2 heteroatoms. The van der Waals surface area contributed by atoms with Gasteiger partial charge in [-0.25, -0.2) is 4.39 Å². The predicted molar refractivity (Wildman–Crippen MR) is 135 cm³/mol. The Labute approximate surface area is 198 Å². The molecule has 1 aliphatic rings. The largest absolute Gasteiger partial charge is 0.205 e. The van der Waals surface area contributed by atoms with Gasteiger partial charge in [0.05, 0.1) is 5.56 Å². The Kier molecular flexibility index (Phi) is 7.10. The van der Waals surface area contributed by atoms with Gasteiger partial charge in [0.25, 0.3) is 0 Å². The Morgan fingerprint density at radius 1 is 0.806 bits per heavy atom. The molecule has 0 aromatic heterocycles. The van der Waals surface area contributed by atoms with Crippen molar-refractivity contribution in [3.05, 3.63) is 103 Å². The molecule has 0 aliphatic heterocycles. The van der Waals surface area contributed by atoms with Gasteiger partial charge in [0.15, 0.2) is 0 Å². The molecule has 1 fully saturated rings. The van der Waals surface area contributed by atoms with Crippen molar-refractivity contribution in [1.82, 2.24) is 0 Å². The molecule has 0 unspecified atom stereocenters. The Bertz CT molecular complexity index is 1180. The lowest BCUT2D eigenvalue weighted by molar-refractivity contribution is 0.606. The number of rotatable bonds is 4. The first kappa shape index (κ1) is 21.7. The standard InChI is InChI=1S/C29H24FI/c1-2-3-4-21-5-7-22(8-6-21)9-13-24-17-18-26(29(30)28(24)25-15-16-25)14-10-23-11-19-27(31)20-12-23/h5-8,11-12,17-20,25H,2-4,15-16H2,1H3. The fourth-order valence-electron chi connectivity index (χ4n) is 3.52. The lowest BCUT2D eigenvalue weighted by Gasteiger charge is -2.07. The quantitative estimate of drug-likeness (QED) is 0.249. The molecule has 0 spiro atoms. The van der Waals surface area contributed by atoms with Crippen molar-refractivity contribution in [2.45, 2.75) is 44.9 Å². The minimum Gasteiger partial charge on any atom is -0.205 e. The topological polar surface area (TPSA) is 0 Å². The van der Waals surface area contributed by atoms with Gasteiger partial charge in [0.1, 0.15) is 5.82 Å². The van der Waals surface area contributed by atoms with E-state index in [0.717, 1.165) is 45.1 Å². The van der Waals surface area contributed by atoms with Crippen LogP contribution in [0.4, 0.5) is 4.39 Å². The number of unbranched alkanes of at least 4 members (excludes halogenated alkanes) is 1. The van der Waals surface area contributed by atoms with Crippen LogP contribution in [0.5, 0.6) is 0 Å². The van der Waals surface area contributed by atoms with E-state index in [1.165, 1.54) is 18.4 Å². The molecule has 0 saturated heterocycles. The van der Waals surface area contributed by atoms with Crippen molar-refractivity contribution < 1.29 is 4.39 Å². The van der Waals surface area contributed by atoms with Crippen molar-refractivity contribution in [1.29, 1.82) is 0 Å². The third kappa shape index (κ3) is 5.78. The molecule has 0 nitrogen and oxygen atoms in total. The number of aryl methyl sites for hydroxylation is 1. The third-order valence-corrected chi connectivity index (χ3v) is 6.18. The summed E-state index contributed by atoms with van der Waals surface area (Å²) in [4.78, 5) is 0. The van der Waals surface area contributed by atoms with Crippen LogP contribution in [-0.4, -0.2) is 0 Å². The minimum absolute atomic E-state index is 0.206. The maximum atomic E-state index is 15.3. The van der Waals surface area contributed by atoms with Crippen molar-refractivity contribution in [3.8, 4) is 23.7 Å². The van der Waals surface area contributed by atoms with Crippen molar-refractivity contribution >= 4 is 22.6 Å². The minimum atomic E-state index is -0.206. The molecule has 3 aromatic carbocycles. The maximum Gasteiger partial charge on any atom is 0.143 e. The number of benzene rings is 3. The highest BCUT2D eigenvalue weighted by Gasteiger charge is 2.29. The van der Waals surface area contributed by atoms with Crippen LogP contribution in [0, 0.1) is 33.1 Å². The Balaban J connectivity index is 1.59. The summed E-state index contributed by atoms with van der Waals surface area (Å²) in [5, 5.41) is 0. The second-order valence-corrected chi connectivity index (χ2v) is 9.22.